The summed E-state index contributed by atoms with van der Waals surface area (Å²) >= 11 is 0. The Bertz CT molecular complexity index is 1010. The molecule has 0 unspecified atom stereocenters. The maximum atomic E-state index is 13.4. The van der Waals surface area contributed by atoms with Crippen LogP contribution >= 0.6 is 0 Å². The Labute approximate surface area is 169 Å². The van der Waals surface area contributed by atoms with E-state index in [1.165, 1.54) is 0 Å². The molecule has 6 nitrogen and oxygen atoms in total. The maximum Gasteiger partial charge on any atom is 0.262 e. The number of hydrogen-bond acceptors (Lipinski definition) is 5. The van der Waals surface area contributed by atoms with Crippen molar-refractivity contribution in [3.63, 3.8) is 0 Å². The first kappa shape index (κ1) is 18.7. The number of nitrogens with zero attached hydrogens (tertiary/aromatic N) is 1. The molecular weight excluding hydrogens is 368 g/mol. The molecule has 4 rings (SSSR count). The molecule has 1 heterocycles. The minimum absolute atomic E-state index is 0.0794. The van der Waals surface area contributed by atoms with Crippen LogP contribution in [-0.2, 0) is 0 Å². The lowest BCUT2D eigenvalue weighted by molar-refractivity contribution is 0.0975. The van der Waals surface area contributed by atoms with Crippen molar-refractivity contribution in [3.05, 3.63) is 77.9 Å². The molecule has 0 aliphatic carbocycles. The van der Waals surface area contributed by atoms with E-state index in [2.05, 4.69) is 5.32 Å². The molecule has 29 heavy (non-hydrogen) atoms. The lowest BCUT2D eigenvalue weighted by atomic mass is 10.0. The number of amides is 1. The summed E-state index contributed by atoms with van der Waals surface area (Å²) in [5.41, 5.74) is 3.01. The largest absolute Gasteiger partial charge is 0.493 e. The number of nitrogens with one attached hydrogen (secondary N) is 1. The summed E-state index contributed by atoms with van der Waals surface area (Å²) in [6.45, 7) is 0. The number of methoxy groups -OCH3 is 3. The van der Waals surface area contributed by atoms with Gasteiger partial charge in [0, 0.05) is 16.9 Å². The van der Waals surface area contributed by atoms with Crippen LogP contribution in [0.15, 0.2) is 66.7 Å². The third-order valence-electron chi connectivity index (χ3n) is 4.96. The monoisotopic (exact) mass is 390 g/mol. The molecule has 0 fully saturated rings. The van der Waals surface area contributed by atoms with Gasteiger partial charge in [-0.25, -0.2) is 0 Å². The van der Waals surface area contributed by atoms with Gasteiger partial charge in [0.15, 0.2) is 11.5 Å². The van der Waals surface area contributed by atoms with E-state index < -0.39 is 6.17 Å². The van der Waals surface area contributed by atoms with Crippen molar-refractivity contribution in [2.24, 2.45) is 0 Å². The SMILES string of the molecule is COc1cc([C@@H]2Nc3ccccc3C(=O)N2c2ccccc2)cc(OC)c1OC. The second-order valence-corrected chi connectivity index (χ2v) is 6.56. The van der Waals surface area contributed by atoms with Gasteiger partial charge in [-0.3, -0.25) is 9.69 Å². The van der Waals surface area contributed by atoms with Gasteiger partial charge in [0.1, 0.15) is 6.17 Å². The van der Waals surface area contributed by atoms with Gasteiger partial charge >= 0.3 is 0 Å². The predicted octanol–water partition coefficient (Wildman–Crippen LogP) is 4.48. The fraction of sp³-hybridized carbons (Fsp3) is 0.174. The lowest BCUT2D eigenvalue weighted by Gasteiger charge is -2.38. The summed E-state index contributed by atoms with van der Waals surface area (Å²) < 4.78 is 16.5. The highest BCUT2D eigenvalue weighted by atomic mass is 16.5. The van der Waals surface area contributed by atoms with Crippen molar-refractivity contribution < 1.29 is 19.0 Å². The molecule has 0 saturated carbocycles. The smallest absolute Gasteiger partial charge is 0.262 e. The zero-order valence-corrected chi connectivity index (χ0v) is 16.5. The van der Waals surface area contributed by atoms with E-state index in [-0.39, 0.29) is 5.91 Å². The van der Waals surface area contributed by atoms with E-state index >= 15 is 0 Å². The number of carbonyl (C=O) groups is 1. The third-order valence-corrected chi connectivity index (χ3v) is 4.96. The van der Waals surface area contributed by atoms with Gasteiger partial charge in [-0.1, -0.05) is 30.3 Å². The summed E-state index contributed by atoms with van der Waals surface area (Å²) in [5.74, 6) is 1.49. The Morgan fingerprint density at radius 3 is 2.07 bits per heavy atom. The second-order valence-electron chi connectivity index (χ2n) is 6.56. The highest BCUT2D eigenvalue weighted by Gasteiger charge is 2.35. The molecule has 0 spiro atoms. The van der Waals surface area contributed by atoms with Crippen LogP contribution in [0.4, 0.5) is 11.4 Å². The molecule has 3 aromatic rings. The molecule has 6 heteroatoms. The lowest BCUT2D eigenvalue weighted by Crippen LogP contribution is -2.43. The first-order valence-electron chi connectivity index (χ1n) is 9.22. The molecule has 0 aromatic heterocycles. The average Bonchev–Trinajstić information content (AvgIpc) is 2.78. The molecule has 1 amide bonds. The Morgan fingerprint density at radius 1 is 0.828 bits per heavy atom. The van der Waals surface area contributed by atoms with E-state index in [0.29, 0.717) is 22.8 Å². The zero-order chi connectivity index (χ0) is 20.4. The molecule has 3 aromatic carbocycles. The fourth-order valence-corrected chi connectivity index (χ4v) is 3.60. The van der Waals surface area contributed by atoms with Crippen molar-refractivity contribution in [1.29, 1.82) is 0 Å². The van der Waals surface area contributed by atoms with Crippen molar-refractivity contribution in [2.45, 2.75) is 6.17 Å². The van der Waals surface area contributed by atoms with E-state index in [1.54, 1.807) is 26.2 Å². The van der Waals surface area contributed by atoms with E-state index in [9.17, 15) is 4.79 Å². The Kier molecular flexibility index (Phi) is 4.99. The van der Waals surface area contributed by atoms with Crippen LogP contribution in [0.5, 0.6) is 17.2 Å². The number of benzene rings is 3. The van der Waals surface area contributed by atoms with Crippen molar-refractivity contribution >= 4 is 17.3 Å². The number of para-hydroxylation sites is 2. The zero-order valence-electron chi connectivity index (χ0n) is 16.5. The first-order valence-corrected chi connectivity index (χ1v) is 9.22. The second kappa shape index (κ2) is 7.75. The average molecular weight is 390 g/mol. The number of fused-ring (bicyclic) bond motifs is 1. The Hall–Kier alpha value is -3.67. The topological polar surface area (TPSA) is 60.0 Å². The molecule has 0 radical (unpaired) electrons. The quantitative estimate of drug-likeness (QED) is 0.696. The van der Waals surface area contributed by atoms with Gasteiger partial charge in [0.05, 0.1) is 26.9 Å². The van der Waals surface area contributed by atoms with Crippen LogP contribution in [0.3, 0.4) is 0 Å². The molecule has 0 bridgehead atoms. The van der Waals surface area contributed by atoms with E-state index in [4.69, 9.17) is 14.2 Å². The minimum atomic E-state index is -0.450. The highest BCUT2D eigenvalue weighted by molar-refractivity contribution is 6.12. The van der Waals surface area contributed by atoms with Gasteiger partial charge in [-0.2, -0.15) is 0 Å². The number of ether oxygens (including phenoxy) is 3. The molecule has 0 saturated heterocycles. The van der Waals surface area contributed by atoms with Gasteiger partial charge in [-0.05, 0) is 36.4 Å². The van der Waals surface area contributed by atoms with Crippen molar-refractivity contribution in [1.82, 2.24) is 0 Å². The molecule has 148 valence electrons. The van der Waals surface area contributed by atoms with Crippen LogP contribution in [0, 0.1) is 0 Å². The molecule has 1 N–H and O–H groups in total. The van der Waals surface area contributed by atoms with Gasteiger partial charge in [0.25, 0.3) is 5.91 Å². The van der Waals surface area contributed by atoms with Gasteiger partial charge < -0.3 is 19.5 Å². The van der Waals surface area contributed by atoms with Crippen LogP contribution in [0.25, 0.3) is 0 Å². The van der Waals surface area contributed by atoms with Crippen molar-refractivity contribution in [3.8, 4) is 17.2 Å². The fourth-order valence-electron chi connectivity index (χ4n) is 3.60. The van der Waals surface area contributed by atoms with E-state index in [0.717, 1.165) is 16.9 Å². The Morgan fingerprint density at radius 2 is 1.45 bits per heavy atom. The number of hydrogen-bond donors (Lipinski definition) is 1. The summed E-state index contributed by atoms with van der Waals surface area (Å²) in [7, 11) is 4.71. The third kappa shape index (κ3) is 3.23. The standard InChI is InChI=1S/C23H22N2O4/c1-27-19-13-15(14-20(28-2)21(19)29-3)22-24-18-12-8-7-11-17(18)23(26)25(22)16-9-5-4-6-10-16/h4-14,22,24H,1-3H3/t22-/m1/s1. The highest BCUT2D eigenvalue weighted by Crippen LogP contribution is 2.43. The molecule has 1 atom stereocenters. The molecular formula is C23H22N2O4. The van der Waals surface area contributed by atoms with Gasteiger partial charge in [-0.15, -0.1) is 0 Å². The maximum absolute atomic E-state index is 13.4. The molecule has 1 aliphatic heterocycles. The molecule has 1 aliphatic rings. The van der Waals surface area contributed by atoms with Crippen LogP contribution in [-0.4, -0.2) is 27.2 Å². The Balaban J connectivity index is 1.89. The summed E-state index contributed by atoms with van der Waals surface area (Å²) in [4.78, 5) is 15.2. The number of rotatable bonds is 5. The van der Waals surface area contributed by atoms with E-state index in [1.807, 2.05) is 66.7 Å². The summed E-state index contributed by atoms with van der Waals surface area (Å²) in [5, 5.41) is 3.49. The van der Waals surface area contributed by atoms with Gasteiger partial charge in [0.2, 0.25) is 5.75 Å². The summed E-state index contributed by atoms with van der Waals surface area (Å²) in [6, 6.07) is 20.8. The van der Waals surface area contributed by atoms with Crippen molar-refractivity contribution in [2.75, 3.05) is 31.5 Å². The summed E-state index contributed by atoms with van der Waals surface area (Å²) in [6.07, 6.45) is -0.450. The van der Waals surface area contributed by atoms with Crippen LogP contribution in [0.2, 0.25) is 0 Å². The predicted molar refractivity (Wildman–Crippen MR) is 112 cm³/mol. The first-order chi connectivity index (χ1) is 14.2. The number of anilines is 2. The van der Waals surface area contributed by atoms with Crippen LogP contribution < -0.4 is 24.4 Å². The normalized spacial score (nSPS) is 15.3. The number of carbonyl (C=O) groups excluding carboxylic acids is 1. The van der Waals surface area contributed by atoms with Crippen LogP contribution in [0.1, 0.15) is 22.1 Å². The minimum Gasteiger partial charge on any atom is -0.493 e.